The van der Waals surface area contributed by atoms with E-state index in [4.69, 9.17) is 5.26 Å². The number of piperidine rings is 1. The van der Waals surface area contributed by atoms with E-state index in [0.717, 1.165) is 31.8 Å². The van der Waals surface area contributed by atoms with Gasteiger partial charge in [-0.15, -0.1) is 0 Å². The number of nitrogens with zero attached hydrogens (tertiary/aromatic N) is 3. The molecule has 2 bridgehead atoms. The third kappa shape index (κ3) is 7.01. The lowest BCUT2D eigenvalue weighted by Crippen LogP contribution is -2.46. The maximum Gasteiger partial charge on any atom is 0.128 e. The molecule has 5 nitrogen and oxygen atoms in total. The lowest BCUT2D eigenvalue weighted by molar-refractivity contribution is 0.0405. The van der Waals surface area contributed by atoms with E-state index in [1.165, 1.54) is 6.20 Å². The number of nitrogens with two attached hydrogens (primary N) is 1. The van der Waals surface area contributed by atoms with Gasteiger partial charge in [0.2, 0.25) is 0 Å². The van der Waals surface area contributed by atoms with Crippen LogP contribution in [0.3, 0.4) is 0 Å². The molecule has 134 valence electrons. The Labute approximate surface area is 146 Å². The van der Waals surface area contributed by atoms with E-state index in [1.807, 2.05) is 32.9 Å². The van der Waals surface area contributed by atoms with Gasteiger partial charge in [-0.2, -0.15) is 5.26 Å². The normalized spacial score (nSPS) is 25.5. The molecule has 2 fully saturated rings. The van der Waals surface area contributed by atoms with Gasteiger partial charge in [-0.1, -0.05) is 32.6 Å². The number of hydrogen-bond acceptors (Lipinski definition) is 4. The highest BCUT2D eigenvalue weighted by Crippen LogP contribution is 2.36. The van der Waals surface area contributed by atoms with Crippen molar-refractivity contribution in [2.24, 2.45) is 22.6 Å². The predicted octanol–water partition coefficient (Wildman–Crippen LogP) is 3.21. The molecule has 1 aliphatic heterocycles. The molecule has 3 N–H and O–H groups in total. The Morgan fingerprint density at radius 3 is 2.38 bits per heavy atom. The van der Waals surface area contributed by atoms with Gasteiger partial charge in [-0.05, 0) is 32.0 Å². The van der Waals surface area contributed by atoms with Crippen molar-refractivity contribution in [3.8, 4) is 6.07 Å². The first-order valence-electron chi connectivity index (χ1n) is 8.66. The maximum absolute atomic E-state index is 10.0. The Hall–Kier alpha value is -2.06. The molecule has 1 heterocycles. The summed E-state index contributed by atoms with van der Waals surface area (Å²) in [5.41, 5.74) is 4.61. The fraction of sp³-hybridized carbons (Fsp3) is 0.579. The number of rotatable bonds is 3. The van der Waals surface area contributed by atoms with Crippen LogP contribution in [0.25, 0.3) is 0 Å². The molecule has 2 rings (SSSR count). The summed E-state index contributed by atoms with van der Waals surface area (Å²) < 4.78 is 0. The summed E-state index contributed by atoms with van der Waals surface area (Å²) >= 11 is 0. The van der Waals surface area contributed by atoms with Gasteiger partial charge < -0.3 is 15.7 Å². The van der Waals surface area contributed by atoms with E-state index in [2.05, 4.69) is 28.3 Å². The van der Waals surface area contributed by atoms with Crippen LogP contribution < -0.4 is 5.73 Å². The minimum Gasteiger partial charge on any atom is -0.405 e. The summed E-state index contributed by atoms with van der Waals surface area (Å²) in [4.78, 5) is 6.69. The molecular weight excluding hydrogens is 300 g/mol. The zero-order valence-electron chi connectivity index (χ0n) is 15.2. The number of hydrogen-bond donors (Lipinski definition) is 2. The largest absolute Gasteiger partial charge is 0.405 e. The fourth-order valence-electron chi connectivity index (χ4n) is 2.99. The van der Waals surface area contributed by atoms with Gasteiger partial charge in [-0.25, -0.2) is 4.99 Å². The quantitative estimate of drug-likeness (QED) is 0.614. The van der Waals surface area contributed by atoms with Crippen molar-refractivity contribution in [1.82, 2.24) is 4.90 Å². The molecule has 1 aliphatic carbocycles. The van der Waals surface area contributed by atoms with Gasteiger partial charge in [0, 0.05) is 31.1 Å². The van der Waals surface area contributed by atoms with E-state index in [1.54, 1.807) is 12.3 Å². The van der Waals surface area contributed by atoms with Crippen LogP contribution in [0.4, 0.5) is 0 Å². The van der Waals surface area contributed by atoms with Crippen LogP contribution in [-0.4, -0.2) is 35.0 Å². The second-order valence-corrected chi connectivity index (χ2v) is 5.46. The Morgan fingerprint density at radius 2 is 1.92 bits per heavy atom. The monoisotopic (exact) mass is 332 g/mol. The molecule has 0 spiro atoms. The number of nitriles is 1. The first kappa shape index (κ1) is 21.9. The Morgan fingerprint density at radius 1 is 1.38 bits per heavy atom. The molecule has 1 saturated carbocycles. The van der Waals surface area contributed by atoms with Crippen LogP contribution in [0.2, 0.25) is 0 Å². The molecule has 0 radical (unpaired) electrons. The average molecular weight is 332 g/mol. The van der Waals surface area contributed by atoms with Crippen molar-refractivity contribution in [3.63, 3.8) is 0 Å². The number of allylic oxidation sites excluding steroid dienone is 2. The SMILES string of the molecule is C=CN.CC.C\C=C/C(=N\C=C\CC#N)N1CC2CCC(C1)C2O. The fourth-order valence-corrected chi connectivity index (χ4v) is 2.99. The third-order valence-electron chi connectivity index (χ3n) is 3.95. The molecule has 2 atom stereocenters. The molecule has 2 aliphatic rings. The lowest BCUT2D eigenvalue weighted by atomic mass is 9.95. The smallest absolute Gasteiger partial charge is 0.128 e. The van der Waals surface area contributed by atoms with Crippen LogP contribution >= 0.6 is 0 Å². The van der Waals surface area contributed by atoms with Crippen molar-refractivity contribution in [2.45, 2.75) is 46.1 Å². The zero-order valence-corrected chi connectivity index (χ0v) is 15.2. The molecular formula is C19H32N4O. The molecule has 0 aromatic rings. The van der Waals surface area contributed by atoms with Gasteiger partial charge in [0.1, 0.15) is 5.84 Å². The highest BCUT2D eigenvalue weighted by Gasteiger charge is 2.41. The number of likely N-dealkylation sites (tertiary alicyclic amines) is 1. The van der Waals surface area contributed by atoms with Gasteiger partial charge >= 0.3 is 0 Å². The highest BCUT2D eigenvalue weighted by atomic mass is 16.3. The van der Waals surface area contributed by atoms with Gasteiger partial charge in [-0.3, -0.25) is 0 Å². The molecule has 0 amide bonds. The average Bonchev–Trinajstić information content (AvgIpc) is 2.80. The van der Waals surface area contributed by atoms with Crippen LogP contribution in [0.1, 0.15) is 40.0 Å². The maximum atomic E-state index is 10.0. The summed E-state index contributed by atoms with van der Waals surface area (Å²) in [5.74, 6) is 1.70. The number of aliphatic imine (C=N–C) groups is 1. The molecule has 0 aromatic carbocycles. The van der Waals surface area contributed by atoms with E-state index in [-0.39, 0.29) is 6.10 Å². The van der Waals surface area contributed by atoms with E-state index in [0.29, 0.717) is 18.3 Å². The van der Waals surface area contributed by atoms with Crippen LogP contribution in [0.15, 0.2) is 42.2 Å². The molecule has 2 unspecified atom stereocenters. The number of aliphatic hydroxyl groups excluding tert-OH is 1. The molecule has 1 saturated heterocycles. The first-order valence-corrected chi connectivity index (χ1v) is 8.66. The second-order valence-electron chi connectivity index (χ2n) is 5.46. The van der Waals surface area contributed by atoms with Crippen LogP contribution in [-0.2, 0) is 0 Å². The Kier molecular flexibility index (Phi) is 12.2. The van der Waals surface area contributed by atoms with Crippen molar-refractivity contribution in [2.75, 3.05) is 13.1 Å². The van der Waals surface area contributed by atoms with E-state index < -0.39 is 0 Å². The number of amidine groups is 1. The molecule has 24 heavy (non-hydrogen) atoms. The predicted molar refractivity (Wildman–Crippen MR) is 101 cm³/mol. The molecule has 5 heteroatoms. The zero-order chi connectivity index (χ0) is 18.4. The minimum atomic E-state index is -0.128. The van der Waals surface area contributed by atoms with Crippen LogP contribution in [0.5, 0.6) is 0 Å². The van der Waals surface area contributed by atoms with Crippen LogP contribution in [0, 0.1) is 23.2 Å². The Bertz CT molecular complexity index is 462. The van der Waals surface area contributed by atoms with Crippen molar-refractivity contribution >= 4 is 5.84 Å². The summed E-state index contributed by atoms with van der Waals surface area (Å²) in [6, 6.07) is 2.06. The summed E-state index contributed by atoms with van der Waals surface area (Å²) in [7, 11) is 0. The minimum absolute atomic E-state index is 0.128. The number of fused-ring (bicyclic) bond motifs is 2. The molecule has 0 aromatic heterocycles. The summed E-state index contributed by atoms with van der Waals surface area (Å²) in [6.45, 7) is 10.9. The summed E-state index contributed by atoms with van der Waals surface area (Å²) in [5, 5.41) is 18.5. The van der Waals surface area contributed by atoms with E-state index >= 15 is 0 Å². The lowest BCUT2D eigenvalue weighted by Gasteiger charge is -2.36. The third-order valence-corrected chi connectivity index (χ3v) is 3.95. The number of aliphatic hydroxyl groups is 1. The second kappa shape index (κ2) is 13.4. The highest BCUT2D eigenvalue weighted by molar-refractivity contribution is 5.93. The van der Waals surface area contributed by atoms with Crippen molar-refractivity contribution in [1.29, 1.82) is 5.26 Å². The van der Waals surface area contributed by atoms with Gasteiger partial charge in [0.15, 0.2) is 0 Å². The van der Waals surface area contributed by atoms with Crippen molar-refractivity contribution < 1.29 is 5.11 Å². The van der Waals surface area contributed by atoms with Gasteiger partial charge in [0.25, 0.3) is 0 Å². The van der Waals surface area contributed by atoms with E-state index in [9.17, 15) is 5.11 Å². The first-order chi connectivity index (χ1) is 11.7. The van der Waals surface area contributed by atoms with Crippen molar-refractivity contribution in [3.05, 3.63) is 37.2 Å². The summed E-state index contributed by atoms with van der Waals surface area (Å²) in [6.07, 6.45) is 11.2. The van der Waals surface area contributed by atoms with Gasteiger partial charge in [0.05, 0.1) is 18.6 Å². The standard InChI is InChI=1S/C15H21N3O.C2H5N.C2H6/c1-2-5-14(17-9-4-3-8-16)18-10-12-6-7-13(11-18)15(12)19;1-2-3;1-2/h2,4-5,9,12-13,15,19H,3,6-7,10-11H2,1H3;2H,1,3H2;1-2H3/b5-2-,9-4+,17-14+;;. The Balaban J connectivity index is 0.000000952. The topological polar surface area (TPSA) is 85.6 Å².